The molecule has 4 rings (SSSR count). The summed E-state index contributed by atoms with van der Waals surface area (Å²) in [7, 11) is 2.79. The molecule has 0 bridgehead atoms. The van der Waals surface area contributed by atoms with Gasteiger partial charge in [-0.05, 0) is 31.4 Å². The summed E-state index contributed by atoms with van der Waals surface area (Å²) in [6.07, 6.45) is 11.0. The lowest BCUT2D eigenvalue weighted by Gasteiger charge is -2.43. The fraction of sp³-hybridized carbons (Fsp3) is 0.571. The van der Waals surface area contributed by atoms with E-state index in [1.165, 1.54) is 18.5 Å². The molecule has 0 aromatic carbocycles. The summed E-state index contributed by atoms with van der Waals surface area (Å²) in [5, 5.41) is 5.52. The van der Waals surface area contributed by atoms with Gasteiger partial charge in [-0.2, -0.15) is 5.10 Å². The van der Waals surface area contributed by atoms with Crippen molar-refractivity contribution in [3.05, 3.63) is 29.8 Å². The Morgan fingerprint density at radius 2 is 1.93 bits per heavy atom. The topological polar surface area (TPSA) is 57.8 Å². The number of imidazole rings is 1. The monoisotopic (exact) mass is 401 g/mol. The maximum Gasteiger partial charge on any atom is 0.181 e. The molecule has 0 amide bonds. The van der Waals surface area contributed by atoms with Gasteiger partial charge in [0.2, 0.25) is 0 Å². The van der Waals surface area contributed by atoms with Gasteiger partial charge in [0, 0.05) is 53.8 Å². The maximum absolute atomic E-state index is 6.45. The van der Waals surface area contributed by atoms with E-state index >= 15 is 0 Å². The molecule has 0 spiro atoms. The average molecular weight is 402 g/mol. The second kappa shape index (κ2) is 6.59. The zero-order valence-corrected chi connectivity index (χ0v) is 18.8. The molecule has 0 saturated heterocycles. The van der Waals surface area contributed by atoms with E-state index in [0.717, 1.165) is 28.1 Å². The predicted octanol–water partition coefficient (Wildman–Crippen LogP) is 4.54. The molecule has 1 saturated carbocycles. The largest absolute Gasteiger partial charge is 0.331 e. The smallest absolute Gasteiger partial charge is 0.181 e. The zero-order valence-electron chi connectivity index (χ0n) is 18.0. The molecule has 3 heterocycles. The Morgan fingerprint density at radius 3 is 2.57 bits per heavy atom. The average Bonchev–Trinajstić information content (AvgIpc) is 3.26. The van der Waals surface area contributed by atoms with Crippen LogP contribution in [0, 0.1) is 0 Å². The third-order valence-corrected chi connectivity index (χ3v) is 9.57. The molecule has 1 fully saturated rings. The van der Waals surface area contributed by atoms with Crippen molar-refractivity contribution in [2.45, 2.75) is 50.9 Å². The number of hydrogen-bond donors (Lipinski definition) is 0. The lowest BCUT2D eigenvalue weighted by atomic mass is 10.1. The van der Waals surface area contributed by atoms with Crippen LogP contribution in [-0.4, -0.2) is 41.6 Å². The Kier molecular flexibility index (Phi) is 4.58. The first-order chi connectivity index (χ1) is 13.1. The molecule has 3 aromatic heterocycles. The molecule has 0 aliphatic heterocycles. The molecule has 7 heteroatoms. The minimum atomic E-state index is -1.24. The Balaban J connectivity index is 1.77. The summed E-state index contributed by atoms with van der Waals surface area (Å²) in [6, 6.07) is 2.16. The molecular weight excluding hydrogens is 370 g/mol. The van der Waals surface area contributed by atoms with E-state index in [4.69, 9.17) is 14.2 Å². The Hall–Kier alpha value is -1.86. The number of pyridine rings is 1. The summed E-state index contributed by atoms with van der Waals surface area (Å²) in [4.78, 5) is 9.63. The van der Waals surface area contributed by atoms with Crippen LogP contribution in [0.2, 0.25) is 0 Å². The number of nitrogens with zero attached hydrogens (tertiary/aromatic N) is 5. The summed E-state index contributed by atoms with van der Waals surface area (Å²) in [5.74, 6) is 1.62. The number of aryl methyl sites for hydroxylation is 1. The molecular formula is C21H31N5OS. The van der Waals surface area contributed by atoms with Crippen molar-refractivity contribution in [1.82, 2.24) is 24.3 Å². The third kappa shape index (κ3) is 3.46. The van der Waals surface area contributed by atoms with Gasteiger partial charge in [0.15, 0.2) is 5.65 Å². The lowest BCUT2D eigenvalue weighted by molar-refractivity contribution is 0.334. The van der Waals surface area contributed by atoms with Gasteiger partial charge in [0.05, 0.1) is 5.69 Å². The fourth-order valence-corrected chi connectivity index (χ4v) is 3.99. The van der Waals surface area contributed by atoms with E-state index in [1.807, 2.05) is 24.1 Å². The van der Waals surface area contributed by atoms with E-state index < -0.39 is 10.3 Å². The summed E-state index contributed by atoms with van der Waals surface area (Å²) in [6.45, 7) is 7.17. The molecule has 3 aromatic rings. The second-order valence-corrected chi connectivity index (χ2v) is 13.1. The van der Waals surface area contributed by atoms with Gasteiger partial charge in [-0.25, -0.2) is 9.97 Å². The SMILES string of the molecule is Cn1cc2cc(-c3ncc(C4CC4)n3C)c(COS(C)(C)C(C)(C)C)nc2n1. The van der Waals surface area contributed by atoms with Crippen LogP contribution in [0.4, 0.5) is 0 Å². The molecule has 28 heavy (non-hydrogen) atoms. The molecule has 1 aliphatic carbocycles. The van der Waals surface area contributed by atoms with Crippen molar-refractivity contribution < 1.29 is 4.18 Å². The highest BCUT2D eigenvalue weighted by molar-refractivity contribution is 8.29. The Morgan fingerprint density at radius 1 is 1.21 bits per heavy atom. The molecule has 6 nitrogen and oxygen atoms in total. The lowest BCUT2D eigenvalue weighted by Crippen LogP contribution is -2.25. The highest BCUT2D eigenvalue weighted by Crippen LogP contribution is 2.54. The molecule has 0 atom stereocenters. The Bertz CT molecular complexity index is 1020. The van der Waals surface area contributed by atoms with Gasteiger partial charge in [-0.15, -0.1) is 10.3 Å². The van der Waals surface area contributed by atoms with Gasteiger partial charge < -0.3 is 8.75 Å². The van der Waals surface area contributed by atoms with Crippen LogP contribution in [0.15, 0.2) is 18.5 Å². The van der Waals surface area contributed by atoms with Crippen molar-refractivity contribution >= 4 is 21.3 Å². The minimum Gasteiger partial charge on any atom is -0.331 e. The van der Waals surface area contributed by atoms with Gasteiger partial charge in [0.25, 0.3) is 0 Å². The number of hydrogen-bond acceptors (Lipinski definition) is 4. The minimum absolute atomic E-state index is 0.102. The second-order valence-electron chi connectivity index (χ2n) is 9.15. The van der Waals surface area contributed by atoms with Crippen molar-refractivity contribution in [3.63, 3.8) is 0 Å². The van der Waals surface area contributed by atoms with Crippen LogP contribution in [0.5, 0.6) is 0 Å². The van der Waals surface area contributed by atoms with Crippen LogP contribution >= 0.6 is 10.3 Å². The number of aromatic nitrogens is 5. The first kappa shape index (κ1) is 19.5. The molecule has 0 N–H and O–H groups in total. The van der Waals surface area contributed by atoms with Gasteiger partial charge in [-0.3, -0.25) is 4.68 Å². The van der Waals surface area contributed by atoms with Crippen LogP contribution in [0.25, 0.3) is 22.4 Å². The van der Waals surface area contributed by atoms with E-state index in [1.54, 1.807) is 0 Å². The van der Waals surface area contributed by atoms with Crippen molar-refractivity contribution in [2.75, 3.05) is 12.5 Å². The first-order valence-corrected chi connectivity index (χ1v) is 12.2. The summed E-state index contributed by atoms with van der Waals surface area (Å²) in [5.41, 5.74) is 4.02. The fourth-order valence-electron chi connectivity index (χ4n) is 3.23. The standard InChI is InChI=1S/C21H31N5OS/c1-21(2,3)28(6,7)27-13-17-16(10-15-12-25(4)24-19(15)23-17)20-22-11-18(26(20)5)14-8-9-14/h10-12,14H,8-9,13H2,1-7H3. The first-order valence-electron chi connectivity index (χ1n) is 9.79. The molecule has 1 aliphatic rings. The number of rotatable bonds is 5. The van der Waals surface area contributed by atoms with E-state index in [0.29, 0.717) is 12.5 Å². The predicted molar refractivity (Wildman–Crippen MR) is 117 cm³/mol. The van der Waals surface area contributed by atoms with Gasteiger partial charge in [-0.1, -0.05) is 20.8 Å². The Labute approximate surface area is 168 Å². The van der Waals surface area contributed by atoms with Crippen molar-refractivity contribution in [3.8, 4) is 11.4 Å². The molecule has 152 valence electrons. The van der Waals surface area contributed by atoms with Gasteiger partial charge in [0.1, 0.15) is 12.4 Å². The summed E-state index contributed by atoms with van der Waals surface area (Å²) < 4.78 is 10.6. The van der Waals surface area contributed by atoms with Crippen LogP contribution < -0.4 is 0 Å². The van der Waals surface area contributed by atoms with E-state index in [-0.39, 0.29) is 4.75 Å². The van der Waals surface area contributed by atoms with Crippen molar-refractivity contribution in [2.24, 2.45) is 14.1 Å². The quantitative estimate of drug-likeness (QED) is 0.630. The molecule has 0 radical (unpaired) electrons. The highest BCUT2D eigenvalue weighted by Gasteiger charge is 2.31. The van der Waals surface area contributed by atoms with E-state index in [2.05, 4.69) is 56.1 Å². The maximum atomic E-state index is 6.45. The van der Waals surface area contributed by atoms with Crippen LogP contribution in [-0.2, 0) is 24.9 Å². The van der Waals surface area contributed by atoms with Crippen molar-refractivity contribution in [1.29, 1.82) is 0 Å². The van der Waals surface area contributed by atoms with E-state index in [9.17, 15) is 0 Å². The zero-order chi connectivity index (χ0) is 20.3. The summed E-state index contributed by atoms with van der Waals surface area (Å²) >= 11 is 0. The third-order valence-electron chi connectivity index (χ3n) is 5.91. The molecule has 0 unspecified atom stereocenters. The highest BCUT2D eigenvalue weighted by atomic mass is 32.3. The number of fused-ring (bicyclic) bond motifs is 1. The van der Waals surface area contributed by atoms with Gasteiger partial charge >= 0.3 is 0 Å². The van der Waals surface area contributed by atoms with Crippen LogP contribution in [0.1, 0.15) is 50.9 Å². The van der Waals surface area contributed by atoms with Crippen LogP contribution in [0.3, 0.4) is 0 Å². The normalized spacial score (nSPS) is 16.1.